The summed E-state index contributed by atoms with van der Waals surface area (Å²) in [6.45, 7) is 4.00. The van der Waals surface area contributed by atoms with Gasteiger partial charge in [0.1, 0.15) is 5.01 Å². The van der Waals surface area contributed by atoms with Crippen LogP contribution in [0.5, 0.6) is 0 Å². The van der Waals surface area contributed by atoms with Gasteiger partial charge in [-0.15, -0.1) is 11.3 Å². The number of carboxylic acid groups (broad SMARTS) is 1. The highest BCUT2D eigenvalue weighted by Gasteiger charge is 2.17. The number of carbonyl (C=O) groups is 1. The molecule has 18 heavy (non-hydrogen) atoms. The maximum Gasteiger partial charge on any atom is 0.313 e. The minimum absolute atomic E-state index is 0.0149. The lowest BCUT2D eigenvalue weighted by atomic mass is 10.3. The molecular weight excluding hydrogens is 270 g/mol. The summed E-state index contributed by atoms with van der Waals surface area (Å²) in [5, 5.41) is 12.4. The zero-order valence-electron chi connectivity index (χ0n) is 10.0. The van der Waals surface area contributed by atoms with Crippen LogP contribution in [0.25, 0.3) is 0 Å². The summed E-state index contributed by atoms with van der Waals surface area (Å²) in [6.07, 6.45) is 3.53. The SMILES string of the molecule is Cc1cnc(SCC(=O)O)n1C(C)c1nccs1. The number of hydrogen-bond acceptors (Lipinski definition) is 5. The average Bonchev–Trinajstić information content (AvgIpc) is 2.94. The molecule has 0 aliphatic heterocycles. The Labute approximate surface area is 113 Å². The minimum atomic E-state index is -0.839. The molecule has 96 valence electrons. The number of aromatic nitrogens is 3. The Morgan fingerprint density at radius 2 is 2.39 bits per heavy atom. The number of aryl methyl sites for hydroxylation is 1. The van der Waals surface area contributed by atoms with E-state index < -0.39 is 5.97 Å². The van der Waals surface area contributed by atoms with E-state index in [1.54, 1.807) is 23.7 Å². The number of carboxylic acids is 1. The van der Waals surface area contributed by atoms with Gasteiger partial charge in [0.05, 0.1) is 11.8 Å². The summed E-state index contributed by atoms with van der Waals surface area (Å²) in [7, 11) is 0. The molecule has 0 saturated carbocycles. The van der Waals surface area contributed by atoms with Gasteiger partial charge >= 0.3 is 5.97 Å². The number of aliphatic carboxylic acids is 1. The summed E-state index contributed by atoms with van der Waals surface area (Å²) in [5.41, 5.74) is 1.01. The maximum absolute atomic E-state index is 10.6. The largest absolute Gasteiger partial charge is 0.481 e. The number of thioether (sulfide) groups is 1. The fourth-order valence-electron chi connectivity index (χ4n) is 1.68. The van der Waals surface area contributed by atoms with Gasteiger partial charge in [0.15, 0.2) is 5.16 Å². The van der Waals surface area contributed by atoms with Crippen molar-refractivity contribution in [2.24, 2.45) is 0 Å². The Morgan fingerprint density at radius 1 is 1.61 bits per heavy atom. The third-order valence-corrected chi connectivity index (χ3v) is 4.37. The predicted molar refractivity (Wildman–Crippen MR) is 71.3 cm³/mol. The first-order chi connectivity index (χ1) is 8.59. The van der Waals surface area contributed by atoms with Gasteiger partial charge in [-0.1, -0.05) is 11.8 Å². The maximum atomic E-state index is 10.6. The molecule has 0 aliphatic carbocycles. The minimum Gasteiger partial charge on any atom is -0.481 e. The molecule has 5 nitrogen and oxygen atoms in total. The highest BCUT2D eigenvalue weighted by Crippen LogP contribution is 2.27. The van der Waals surface area contributed by atoms with E-state index in [1.165, 1.54) is 11.8 Å². The normalized spacial score (nSPS) is 12.6. The standard InChI is InChI=1S/C11H13N3O2S2/c1-7-5-13-11(18-6-9(15)16)14(7)8(2)10-12-3-4-17-10/h3-5,8H,6H2,1-2H3,(H,15,16). The van der Waals surface area contributed by atoms with Crippen LogP contribution in [0.3, 0.4) is 0 Å². The van der Waals surface area contributed by atoms with Crippen molar-refractivity contribution in [1.29, 1.82) is 0 Å². The van der Waals surface area contributed by atoms with Gasteiger partial charge in [0.25, 0.3) is 0 Å². The highest BCUT2D eigenvalue weighted by molar-refractivity contribution is 7.99. The number of rotatable bonds is 5. The van der Waals surface area contributed by atoms with E-state index in [-0.39, 0.29) is 11.8 Å². The average molecular weight is 283 g/mol. The molecule has 0 fully saturated rings. The van der Waals surface area contributed by atoms with Gasteiger partial charge in [-0.05, 0) is 13.8 Å². The summed E-state index contributed by atoms with van der Waals surface area (Å²) in [4.78, 5) is 19.2. The quantitative estimate of drug-likeness (QED) is 0.854. The van der Waals surface area contributed by atoms with Gasteiger partial charge in [0, 0.05) is 23.5 Å². The Morgan fingerprint density at radius 3 is 3.00 bits per heavy atom. The first-order valence-electron chi connectivity index (χ1n) is 5.37. The first-order valence-corrected chi connectivity index (χ1v) is 7.24. The summed E-state index contributed by atoms with van der Waals surface area (Å²) < 4.78 is 2.02. The van der Waals surface area contributed by atoms with Crippen LogP contribution in [0.2, 0.25) is 0 Å². The lowest BCUT2D eigenvalue weighted by Gasteiger charge is -2.15. The zero-order valence-corrected chi connectivity index (χ0v) is 11.7. The van der Waals surface area contributed by atoms with Crippen molar-refractivity contribution in [3.05, 3.63) is 28.5 Å². The van der Waals surface area contributed by atoms with Gasteiger partial charge in [-0.2, -0.15) is 0 Å². The summed E-state index contributed by atoms with van der Waals surface area (Å²) >= 11 is 2.82. The highest BCUT2D eigenvalue weighted by atomic mass is 32.2. The van der Waals surface area contributed by atoms with Crippen LogP contribution < -0.4 is 0 Å². The molecule has 0 aliphatic rings. The van der Waals surface area contributed by atoms with Crippen LogP contribution in [0.15, 0.2) is 22.9 Å². The third kappa shape index (κ3) is 2.73. The van der Waals surface area contributed by atoms with Crippen LogP contribution in [-0.2, 0) is 4.79 Å². The van der Waals surface area contributed by atoms with Crippen molar-refractivity contribution in [3.8, 4) is 0 Å². The topological polar surface area (TPSA) is 68.0 Å². The van der Waals surface area contributed by atoms with E-state index in [0.717, 1.165) is 15.9 Å². The van der Waals surface area contributed by atoms with E-state index in [9.17, 15) is 4.79 Å². The molecule has 7 heteroatoms. The Hall–Kier alpha value is -1.34. The summed E-state index contributed by atoms with van der Waals surface area (Å²) in [5.74, 6) is -0.824. The van der Waals surface area contributed by atoms with Crippen LogP contribution in [0.1, 0.15) is 23.7 Å². The molecule has 2 rings (SSSR count). The van der Waals surface area contributed by atoms with Crippen LogP contribution in [0, 0.1) is 6.92 Å². The second-order valence-corrected chi connectivity index (χ2v) is 5.65. The van der Waals surface area contributed by atoms with Crippen molar-refractivity contribution >= 4 is 29.1 Å². The van der Waals surface area contributed by atoms with E-state index >= 15 is 0 Å². The van der Waals surface area contributed by atoms with Crippen molar-refractivity contribution in [3.63, 3.8) is 0 Å². The lowest BCUT2D eigenvalue weighted by Crippen LogP contribution is -2.10. The molecule has 0 radical (unpaired) electrons. The second kappa shape index (κ2) is 5.53. The number of hydrogen-bond donors (Lipinski definition) is 1. The van der Waals surface area contributed by atoms with Crippen molar-refractivity contribution < 1.29 is 9.90 Å². The van der Waals surface area contributed by atoms with E-state index in [0.29, 0.717) is 0 Å². The van der Waals surface area contributed by atoms with Crippen molar-refractivity contribution in [2.75, 3.05) is 5.75 Å². The van der Waals surface area contributed by atoms with E-state index in [1.807, 2.05) is 23.8 Å². The second-order valence-electron chi connectivity index (χ2n) is 3.78. The number of imidazole rings is 1. The molecule has 1 atom stereocenters. The molecule has 0 spiro atoms. The molecule has 0 aromatic carbocycles. The molecule has 2 heterocycles. The molecule has 0 bridgehead atoms. The Balaban J connectivity index is 2.26. The number of thiazole rings is 1. The van der Waals surface area contributed by atoms with Crippen molar-refractivity contribution in [1.82, 2.24) is 14.5 Å². The molecule has 2 aromatic heterocycles. The Bertz CT molecular complexity index is 536. The molecule has 0 amide bonds. The molecular formula is C11H13N3O2S2. The third-order valence-electron chi connectivity index (χ3n) is 2.47. The smallest absolute Gasteiger partial charge is 0.313 e. The van der Waals surface area contributed by atoms with Gasteiger partial charge < -0.3 is 9.67 Å². The van der Waals surface area contributed by atoms with E-state index in [2.05, 4.69) is 9.97 Å². The van der Waals surface area contributed by atoms with Gasteiger partial charge in [-0.25, -0.2) is 9.97 Å². The molecule has 2 aromatic rings. The predicted octanol–water partition coefficient (Wildman–Crippen LogP) is 2.43. The fourth-order valence-corrected chi connectivity index (χ4v) is 3.19. The van der Waals surface area contributed by atoms with Crippen molar-refractivity contribution in [2.45, 2.75) is 25.0 Å². The molecule has 0 saturated heterocycles. The van der Waals surface area contributed by atoms with Gasteiger partial charge in [0.2, 0.25) is 0 Å². The summed E-state index contributed by atoms with van der Waals surface area (Å²) in [6, 6.07) is 0.0730. The number of nitrogens with zero attached hydrogens (tertiary/aromatic N) is 3. The van der Waals surface area contributed by atoms with Crippen LogP contribution in [-0.4, -0.2) is 31.4 Å². The van der Waals surface area contributed by atoms with Gasteiger partial charge in [-0.3, -0.25) is 4.79 Å². The molecule has 1 unspecified atom stereocenters. The zero-order chi connectivity index (χ0) is 13.1. The van der Waals surface area contributed by atoms with Crippen LogP contribution >= 0.6 is 23.1 Å². The Kier molecular flexibility index (Phi) is 4.03. The molecule has 1 N–H and O–H groups in total. The monoisotopic (exact) mass is 283 g/mol. The lowest BCUT2D eigenvalue weighted by molar-refractivity contribution is -0.133. The first kappa shape index (κ1) is 13.1. The van der Waals surface area contributed by atoms with E-state index in [4.69, 9.17) is 5.11 Å². The van der Waals surface area contributed by atoms with Crippen LogP contribution in [0.4, 0.5) is 0 Å². The fraction of sp³-hybridized carbons (Fsp3) is 0.364.